The van der Waals surface area contributed by atoms with Crippen LogP contribution in [0.1, 0.15) is 33.6 Å². The van der Waals surface area contributed by atoms with Gasteiger partial charge in [0.05, 0.1) is 0 Å². The Bertz CT molecular complexity index is 51.9. The van der Waals surface area contributed by atoms with Crippen molar-refractivity contribution in [2.45, 2.75) is 33.6 Å². The van der Waals surface area contributed by atoms with Gasteiger partial charge in [-0.25, -0.2) is 0 Å². The molecule has 0 amide bonds. The monoisotopic (exact) mass is 114 g/mol. The lowest BCUT2D eigenvalue weighted by atomic mass is 9.91. The van der Waals surface area contributed by atoms with E-state index in [4.69, 9.17) is 5.73 Å². The van der Waals surface area contributed by atoms with Crippen molar-refractivity contribution in [1.82, 2.24) is 5.73 Å². The highest BCUT2D eigenvalue weighted by Gasteiger charge is 2.07. The molecular weight excluding hydrogens is 98.1 g/mol. The van der Waals surface area contributed by atoms with Crippen LogP contribution in [0.3, 0.4) is 0 Å². The molecule has 49 valence electrons. The Labute approximate surface area is 52.3 Å². The van der Waals surface area contributed by atoms with Crippen LogP contribution in [-0.4, -0.2) is 6.54 Å². The normalized spacial score (nSPS) is 12.0. The summed E-state index contributed by atoms with van der Waals surface area (Å²) in [5.74, 6) is 0. The van der Waals surface area contributed by atoms with Crippen molar-refractivity contribution in [2.75, 3.05) is 6.54 Å². The van der Waals surface area contributed by atoms with Crippen LogP contribution in [0.2, 0.25) is 0 Å². The van der Waals surface area contributed by atoms with Gasteiger partial charge in [0.25, 0.3) is 0 Å². The molecule has 0 aromatic heterocycles. The quantitative estimate of drug-likeness (QED) is 0.525. The number of nitrogens with one attached hydrogen (secondary N) is 1. The van der Waals surface area contributed by atoms with Gasteiger partial charge >= 0.3 is 0 Å². The van der Waals surface area contributed by atoms with Crippen LogP contribution in [0, 0.1) is 5.41 Å². The first kappa shape index (κ1) is 7.96. The summed E-state index contributed by atoms with van der Waals surface area (Å²) in [5, 5.41) is 0. The third-order valence-electron chi connectivity index (χ3n) is 1.10. The van der Waals surface area contributed by atoms with E-state index in [0.29, 0.717) is 12.0 Å². The van der Waals surface area contributed by atoms with E-state index in [-0.39, 0.29) is 0 Å². The zero-order valence-electron chi connectivity index (χ0n) is 6.12. The first-order valence-electron chi connectivity index (χ1n) is 3.21. The Balaban J connectivity index is 3.11. The minimum Gasteiger partial charge on any atom is -0.258 e. The summed E-state index contributed by atoms with van der Waals surface area (Å²) in [6, 6.07) is 0. The lowest BCUT2D eigenvalue weighted by Crippen LogP contribution is -2.05. The van der Waals surface area contributed by atoms with Gasteiger partial charge in [-0.15, -0.1) is 0 Å². The fourth-order valence-electron chi connectivity index (χ4n) is 0.619. The molecule has 1 heteroatoms. The first-order chi connectivity index (χ1) is 3.56. The van der Waals surface area contributed by atoms with E-state index in [9.17, 15) is 0 Å². The smallest absolute Gasteiger partial charge is 0.00999 e. The van der Waals surface area contributed by atoms with Gasteiger partial charge < -0.3 is 0 Å². The SMILES string of the molecule is CC(C)(C)CCC[NH]. The van der Waals surface area contributed by atoms with Gasteiger partial charge in [-0.1, -0.05) is 20.8 Å². The fraction of sp³-hybridized carbons (Fsp3) is 1.00. The van der Waals surface area contributed by atoms with Crippen molar-refractivity contribution < 1.29 is 0 Å². The van der Waals surface area contributed by atoms with E-state index in [2.05, 4.69) is 20.8 Å². The molecular formula is C7H16N. The van der Waals surface area contributed by atoms with Crippen molar-refractivity contribution in [3.63, 3.8) is 0 Å². The zero-order valence-corrected chi connectivity index (χ0v) is 6.12. The molecule has 1 radical (unpaired) electrons. The molecule has 0 spiro atoms. The molecule has 8 heavy (non-hydrogen) atoms. The predicted molar refractivity (Wildman–Crippen MR) is 36.7 cm³/mol. The third-order valence-corrected chi connectivity index (χ3v) is 1.10. The van der Waals surface area contributed by atoms with Gasteiger partial charge in [-0.2, -0.15) is 0 Å². The minimum absolute atomic E-state index is 0.432. The van der Waals surface area contributed by atoms with Gasteiger partial charge in [0, 0.05) is 6.54 Å². The Morgan fingerprint density at radius 2 is 1.75 bits per heavy atom. The molecule has 0 aliphatic rings. The Morgan fingerprint density at radius 3 is 1.88 bits per heavy atom. The van der Waals surface area contributed by atoms with Crippen LogP contribution in [0.5, 0.6) is 0 Å². The summed E-state index contributed by atoms with van der Waals surface area (Å²) in [5.41, 5.74) is 7.31. The summed E-state index contributed by atoms with van der Waals surface area (Å²) in [6.45, 7) is 7.21. The summed E-state index contributed by atoms with van der Waals surface area (Å²) < 4.78 is 0. The van der Waals surface area contributed by atoms with Crippen molar-refractivity contribution >= 4 is 0 Å². The Morgan fingerprint density at radius 1 is 1.25 bits per heavy atom. The first-order valence-corrected chi connectivity index (χ1v) is 3.21. The molecule has 0 rings (SSSR count). The second kappa shape index (κ2) is 3.08. The standard InChI is InChI=1S/C7H16N/c1-7(2,3)5-4-6-8/h8H,4-6H2,1-3H3. The van der Waals surface area contributed by atoms with Crippen LogP contribution in [-0.2, 0) is 0 Å². The predicted octanol–water partition coefficient (Wildman–Crippen LogP) is 2.10. The third kappa shape index (κ3) is 5.96. The maximum Gasteiger partial charge on any atom is 0.00999 e. The molecule has 0 aliphatic heterocycles. The van der Waals surface area contributed by atoms with E-state index in [1.807, 2.05) is 0 Å². The maximum atomic E-state index is 6.88. The molecule has 1 nitrogen and oxygen atoms in total. The van der Waals surface area contributed by atoms with E-state index >= 15 is 0 Å². The number of hydrogen-bond donors (Lipinski definition) is 0. The summed E-state index contributed by atoms with van der Waals surface area (Å²) in [6.07, 6.45) is 2.22. The molecule has 1 N–H and O–H groups in total. The molecule has 0 saturated heterocycles. The van der Waals surface area contributed by atoms with Gasteiger partial charge in [-0.3, -0.25) is 5.73 Å². The fourth-order valence-corrected chi connectivity index (χ4v) is 0.619. The topological polar surface area (TPSA) is 23.8 Å². The number of hydrogen-bond acceptors (Lipinski definition) is 0. The van der Waals surface area contributed by atoms with E-state index in [1.54, 1.807) is 0 Å². The average molecular weight is 114 g/mol. The van der Waals surface area contributed by atoms with Crippen LogP contribution < -0.4 is 5.73 Å². The molecule has 0 aliphatic carbocycles. The Kier molecular flexibility index (Phi) is 3.06. The summed E-state index contributed by atoms with van der Waals surface area (Å²) in [7, 11) is 0. The van der Waals surface area contributed by atoms with E-state index in [1.165, 1.54) is 6.42 Å². The highest BCUT2D eigenvalue weighted by Crippen LogP contribution is 2.19. The second-order valence-electron chi connectivity index (χ2n) is 3.41. The largest absolute Gasteiger partial charge is 0.258 e. The van der Waals surface area contributed by atoms with Crippen molar-refractivity contribution in [1.29, 1.82) is 0 Å². The summed E-state index contributed by atoms with van der Waals surface area (Å²) >= 11 is 0. The van der Waals surface area contributed by atoms with Gasteiger partial charge in [0.15, 0.2) is 0 Å². The van der Waals surface area contributed by atoms with Gasteiger partial charge in [0.1, 0.15) is 0 Å². The van der Waals surface area contributed by atoms with E-state index < -0.39 is 0 Å². The molecule has 0 unspecified atom stereocenters. The molecule has 0 heterocycles. The lowest BCUT2D eigenvalue weighted by Gasteiger charge is -2.16. The van der Waals surface area contributed by atoms with Gasteiger partial charge in [-0.05, 0) is 18.3 Å². The molecule has 0 saturated carbocycles. The van der Waals surface area contributed by atoms with E-state index in [0.717, 1.165) is 6.42 Å². The molecule has 0 aromatic carbocycles. The maximum absolute atomic E-state index is 6.88. The van der Waals surface area contributed by atoms with Crippen LogP contribution in [0.15, 0.2) is 0 Å². The van der Waals surface area contributed by atoms with Crippen molar-refractivity contribution in [3.05, 3.63) is 0 Å². The molecule has 0 fully saturated rings. The Hall–Kier alpha value is -0.0400. The highest BCUT2D eigenvalue weighted by atomic mass is 14.5. The molecule has 0 bridgehead atoms. The average Bonchev–Trinajstić information content (AvgIpc) is 1.59. The van der Waals surface area contributed by atoms with Crippen LogP contribution in [0.4, 0.5) is 0 Å². The van der Waals surface area contributed by atoms with Crippen molar-refractivity contribution in [3.8, 4) is 0 Å². The number of rotatable bonds is 2. The van der Waals surface area contributed by atoms with Gasteiger partial charge in [0.2, 0.25) is 0 Å². The highest BCUT2D eigenvalue weighted by molar-refractivity contribution is 4.60. The van der Waals surface area contributed by atoms with Crippen LogP contribution in [0.25, 0.3) is 0 Å². The van der Waals surface area contributed by atoms with Crippen LogP contribution >= 0.6 is 0 Å². The lowest BCUT2D eigenvalue weighted by molar-refractivity contribution is 0.367. The zero-order chi connectivity index (χ0) is 6.62. The second-order valence-corrected chi connectivity index (χ2v) is 3.41. The van der Waals surface area contributed by atoms with Crippen molar-refractivity contribution in [2.24, 2.45) is 5.41 Å². The molecule has 0 aromatic rings. The molecule has 0 atom stereocenters. The minimum atomic E-state index is 0.432. The summed E-state index contributed by atoms with van der Waals surface area (Å²) in [4.78, 5) is 0.